The van der Waals surface area contributed by atoms with E-state index in [1.807, 2.05) is 54.6 Å². The smallest absolute Gasteiger partial charge is 0.247 e. The highest BCUT2D eigenvalue weighted by atomic mass is 19.1. The van der Waals surface area contributed by atoms with Gasteiger partial charge in [0.05, 0.1) is 11.6 Å². The van der Waals surface area contributed by atoms with Gasteiger partial charge in [-0.15, -0.1) is 5.10 Å². The summed E-state index contributed by atoms with van der Waals surface area (Å²) in [6.07, 6.45) is 1.56. The number of amides is 2. The molecule has 0 spiro atoms. The molecule has 3 aromatic carbocycles. The van der Waals surface area contributed by atoms with E-state index in [1.165, 1.54) is 12.1 Å². The van der Waals surface area contributed by atoms with Crippen LogP contribution < -0.4 is 5.32 Å². The standard InChI is InChI=1S/C28H28FN5O3/c29-22-14-12-20(13-15-22)17-30-28(36)27(21-7-2-1-3-8-21)33(18-23-9-6-16-37-23)26(35)19-34-25-11-5-4-10-24(25)31-32-34/h1-5,7-8,10-15,23,27H,6,9,16-19H2,(H,30,36)/t23-,27-/m0/s1. The fraction of sp³-hybridized carbons (Fsp3) is 0.286. The number of carbonyl (C=O) groups excluding carboxylic acids is 2. The average molecular weight is 502 g/mol. The molecule has 37 heavy (non-hydrogen) atoms. The van der Waals surface area contributed by atoms with Gasteiger partial charge in [-0.25, -0.2) is 9.07 Å². The van der Waals surface area contributed by atoms with Gasteiger partial charge in [-0.3, -0.25) is 9.59 Å². The molecular weight excluding hydrogens is 473 g/mol. The SMILES string of the molecule is O=C(NCc1ccc(F)cc1)[C@H](c1ccccc1)N(C[C@@H]1CCCO1)C(=O)Cn1nnc2ccccc21. The van der Waals surface area contributed by atoms with Crippen LogP contribution in [-0.2, 0) is 27.4 Å². The van der Waals surface area contributed by atoms with E-state index >= 15 is 0 Å². The van der Waals surface area contributed by atoms with Gasteiger partial charge in [0.2, 0.25) is 11.8 Å². The summed E-state index contributed by atoms with van der Waals surface area (Å²) < 4.78 is 20.7. The Balaban J connectivity index is 1.44. The summed E-state index contributed by atoms with van der Waals surface area (Å²) in [6, 6.07) is 21.7. The number of hydrogen-bond acceptors (Lipinski definition) is 5. The third kappa shape index (κ3) is 5.83. The molecule has 5 rings (SSSR count). The van der Waals surface area contributed by atoms with E-state index in [9.17, 15) is 14.0 Å². The minimum Gasteiger partial charge on any atom is -0.376 e. The van der Waals surface area contributed by atoms with E-state index in [1.54, 1.807) is 21.7 Å². The van der Waals surface area contributed by atoms with Crippen molar-refractivity contribution in [3.63, 3.8) is 0 Å². The molecule has 8 nitrogen and oxygen atoms in total. The Morgan fingerprint density at radius 3 is 2.57 bits per heavy atom. The molecule has 190 valence electrons. The zero-order valence-electron chi connectivity index (χ0n) is 20.3. The molecule has 1 fully saturated rings. The second-order valence-corrected chi connectivity index (χ2v) is 9.07. The van der Waals surface area contributed by atoms with Crippen LogP contribution in [0.1, 0.15) is 30.0 Å². The molecule has 2 amide bonds. The largest absolute Gasteiger partial charge is 0.376 e. The molecule has 2 heterocycles. The normalized spacial score (nSPS) is 16.0. The molecule has 0 radical (unpaired) electrons. The lowest BCUT2D eigenvalue weighted by Gasteiger charge is -2.33. The van der Waals surface area contributed by atoms with Gasteiger partial charge < -0.3 is 15.0 Å². The van der Waals surface area contributed by atoms with Crippen LogP contribution in [0.2, 0.25) is 0 Å². The summed E-state index contributed by atoms with van der Waals surface area (Å²) >= 11 is 0. The van der Waals surface area contributed by atoms with Crippen molar-refractivity contribution in [1.29, 1.82) is 0 Å². The minimum atomic E-state index is -0.881. The Morgan fingerprint density at radius 2 is 1.81 bits per heavy atom. The van der Waals surface area contributed by atoms with E-state index in [0.29, 0.717) is 17.7 Å². The van der Waals surface area contributed by atoms with Gasteiger partial charge in [0.25, 0.3) is 0 Å². The molecule has 1 aromatic heterocycles. The number of nitrogens with zero attached hydrogens (tertiary/aromatic N) is 4. The lowest BCUT2D eigenvalue weighted by Crippen LogP contribution is -2.47. The Bertz CT molecular complexity index is 1350. The first-order valence-electron chi connectivity index (χ1n) is 12.3. The topological polar surface area (TPSA) is 89.4 Å². The van der Waals surface area contributed by atoms with E-state index in [2.05, 4.69) is 15.6 Å². The zero-order chi connectivity index (χ0) is 25.6. The Hall–Kier alpha value is -4.11. The van der Waals surface area contributed by atoms with Crippen LogP contribution in [0.3, 0.4) is 0 Å². The number of fused-ring (bicyclic) bond motifs is 1. The van der Waals surface area contributed by atoms with Crippen LogP contribution in [-0.4, -0.2) is 51.0 Å². The van der Waals surface area contributed by atoms with Gasteiger partial charge >= 0.3 is 0 Å². The van der Waals surface area contributed by atoms with Crippen LogP contribution in [0.15, 0.2) is 78.9 Å². The van der Waals surface area contributed by atoms with Gasteiger partial charge in [0.15, 0.2) is 0 Å². The molecule has 4 aromatic rings. The van der Waals surface area contributed by atoms with Crippen LogP contribution in [0, 0.1) is 5.82 Å². The number of halogens is 1. The molecule has 0 saturated carbocycles. The summed E-state index contributed by atoms with van der Waals surface area (Å²) in [5.41, 5.74) is 2.88. The monoisotopic (exact) mass is 501 g/mol. The first kappa shape index (κ1) is 24.6. The number of hydrogen-bond donors (Lipinski definition) is 1. The molecule has 0 aliphatic carbocycles. The molecule has 1 saturated heterocycles. The molecule has 1 aliphatic rings. The summed E-state index contributed by atoms with van der Waals surface area (Å²) in [6.45, 7) is 1.04. The number of aromatic nitrogens is 3. The lowest BCUT2D eigenvalue weighted by atomic mass is 10.0. The van der Waals surface area contributed by atoms with Gasteiger partial charge in [0.1, 0.15) is 23.9 Å². The maximum atomic E-state index is 13.8. The number of para-hydroxylation sites is 1. The third-order valence-corrected chi connectivity index (χ3v) is 6.51. The number of carbonyl (C=O) groups is 2. The van der Waals surface area contributed by atoms with Crippen molar-refractivity contribution in [2.24, 2.45) is 0 Å². The quantitative estimate of drug-likeness (QED) is 0.378. The molecule has 0 unspecified atom stereocenters. The predicted molar refractivity (Wildman–Crippen MR) is 136 cm³/mol. The van der Waals surface area contributed by atoms with Gasteiger partial charge in [-0.05, 0) is 48.2 Å². The van der Waals surface area contributed by atoms with E-state index in [0.717, 1.165) is 23.9 Å². The summed E-state index contributed by atoms with van der Waals surface area (Å²) in [4.78, 5) is 29.1. The highest BCUT2D eigenvalue weighted by molar-refractivity contribution is 5.89. The van der Waals surface area contributed by atoms with Crippen molar-refractivity contribution in [3.8, 4) is 0 Å². The summed E-state index contributed by atoms with van der Waals surface area (Å²) in [5, 5.41) is 11.3. The zero-order valence-corrected chi connectivity index (χ0v) is 20.3. The molecule has 2 atom stereocenters. The molecule has 1 aliphatic heterocycles. The van der Waals surface area contributed by atoms with Crippen molar-refractivity contribution >= 4 is 22.8 Å². The number of nitrogens with one attached hydrogen (secondary N) is 1. The van der Waals surface area contributed by atoms with Crippen molar-refractivity contribution < 1.29 is 18.7 Å². The number of ether oxygens (including phenoxy) is 1. The second-order valence-electron chi connectivity index (χ2n) is 9.07. The highest BCUT2D eigenvalue weighted by Crippen LogP contribution is 2.25. The van der Waals surface area contributed by atoms with Crippen molar-refractivity contribution in [3.05, 3.63) is 95.8 Å². The Kier molecular flexibility index (Phi) is 7.51. The van der Waals surface area contributed by atoms with Gasteiger partial charge in [-0.1, -0.05) is 59.8 Å². The predicted octanol–water partition coefficient (Wildman–Crippen LogP) is 3.64. The molecule has 0 bridgehead atoms. The highest BCUT2D eigenvalue weighted by Gasteiger charge is 2.34. The first-order valence-corrected chi connectivity index (χ1v) is 12.3. The van der Waals surface area contributed by atoms with E-state index in [-0.39, 0.29) is 43.4 Å². The second kappa shape index (κ2) is 11.3. The van der Waals surface area contributed by atoms with E-state index < -0.39 is 6.04 Å². The summed E-state index contributed by atoms with van der Waals surface area (Å²) in [7, 11) is 0. The maximum Gasteiger partial charge on any atom is 0.247 e. The summed E-state index contributed by atoms with van der Waals surface area (Å²) in [5.74, 6) is -0.937. The van der Waals surface area contributed by atoms with Crippen LogP contribution in [0.4, 0.5) is 4.39 Å². The maximum absolute atomic E-state index is 13.8. The van der Waals surface area contributed by atoms with Crippen molar-refractivity contribution in [2.45, 2.75) is 38.1 Å². The van der Waals surface area contributed by atoms with Crippen LogP contribution in [0.5, 0.6) is 0 Å². The third-order valence-electron chi connectivity index (χ3n) is 6.51. The van der Waals surface area contributed by atoms with Gasteiger partial charge in [0, 0.05) is 19.7 Å². The Labute approximate surface area is 214 Å². The van der Waals surface area contributed by atoms with Crippen LogP contribution in [0.25, 0.3) is 11.0 Å². The first-order chi connectivity index (χ1) is 18.1. The minimum absolute atomic E-state index is 0.0676. The van der Waals surface area contributed by atoms with Crippen molar-refractivity contribution in [1.82, 2.24) is 25.2 Å². The Morgan fingerprint density at radius 1 is 1.05 bits per heavy atom. The number of benzene rings is 3. The fourth-order valence-electron chi connectivity index (χ4n) is 4.61. The van der Waals surface area contributed by atoms with Crippen molar-refractivity contribution in [2.75, 3.05) is 13.2 Å². The number of rotatable bonds is 9. The molecule has 9 heteroatoms. The fourth-order valence-corrected chi connectivity index (χ4v) is 4.61. The van der Waals surface area contributed by atoms with Gasteiger partial charge in [-0.2, -0.15) is 0 Å². The average Bonchev–Trinajstić information content (AvgIpc) is 3.59. The van der Waals surface area contributed by atoms with E-state index in [4.69, 9.17) is 4.74 Å². The molecular formula is C28H28FN5O3. The van der Waals surface area contributed by atoms with Crippen LogP contribution >= 0.6 is 0 Å². The lowest BCUT2D eigenvalue weighted by molar-refractivity contribution is -0.143. The molecule has 1 N–H and O–H groups in total.